The minimum atomic E-state index is -0.444. The van der Waals surface area contributed by atoms with Crippen molar-refractivity contribution in [3.63, 3.8) is 0 Å². The van der Waals surface area contributed by atoms with E-state index in [1.165, 1.54) is 57.8 Å². The fourth-order valence-electron chi connectivity index (χ4n) is 2.47. The molecule has 0 unspecified atom stereocenters. The van der Waals surface area contributed by atoms with Crippen LogP contribution in [0.5, 0.6) is 0 Å². The molecule has 0 saturated heterocycles. The van der Waals surface area contributed by atoms with Gasteiger partial charge in [-0.25, -0.2) is 9.59 Å². The molecule has 148 valence electrons. The van der Waals surface area contributed by atoms with Crippen LogP contribution in [0.4, 0.5) is 0 Å². The summed E-state index contributed by atoms with van der Waals surface area (Å²) in [6.07, 6.45) is 14.7. The Labute approximate surface area is 153 Å². The Hall–Kier alpha value is -1.10. The maximum Gasteiger partial charge on any atom is 0.332 e. The number of carbonyl (C=O) groups excluding carboxylic acids is 2. The molecule has 0 saturated carbocycles. The topological polar surface area (TPSA) is 61.8 Å². The van der Waals surface area contributed by atoms with Gasteiger partial charge in [-0.15, -0.1) is 0 Å². The average molecular weight is 359 g/mol. The summed E-state index contributed by atoms with van der Waals surface area (Å²) in [5.74, 6) is -0.865. The fraction of sp³-hybridized carbons (Fsp3) is 0.900. The summed E-state index contributed by atoms with van der Waals surface area (Å²) in [5, 5.41) is 0. The molecule has 0 aliphatic heterocycles. The number of rotatable bonds is 18. The predicted molar refractivity (Wildman–Crippen MR) is 99.5 cm³/mol. The van der Waals surface area contributed by atoms with Gasteiger partial charge >= 0.3 is 11.9 Å². The van der Waals surface area contributed by atoms with E-state index in [0.717, 1.165) is 19.3 Å². The van der Waals surface area contributed by atoms with Crippen molar-refractivity contribution >= 4 is 11.9 Å². The molecule has 0 atom stereocenters. The van der Waals surface area contributed by atoms with Gasteiger partial charge in [-0.2, -0.15) is 0 Å². The van der Waals surface area contributed by atoms with Crippen molar-refractivity contribution in [2.45, 2.75) is 90.9 Å². The van der Waals surface area contributed by atoms with Crippen molar-refractivity contribution in [3.05, 3.63) is 0 Å². The Morgan fingerprint density at radius 2 is 1.00 bits per heavy atom. The van der Waals surface area contributed by atoms with Gasteiger partial charge in [-0.05, 0) is 12.8 Å². The van der Waals surface area contributed by atoms with E-state index in [1.807, 2.05) is 6.92 Å². The van der Waals surface area contributed by atoms with Gasteiger partial charge in [0.05, 0.1) is 13.2 Å². The Balaban J connectivity index is 3.23. The van der Waals surface area contributed by atoms with Crippen molar-refractivity contribution in [2.75, 3.05) is 26.4 Å². The Bertz CT molecular complexity index is 317. The van der Waals surface area contributed by atoms with E-state index in [-0.39, 0.29) is 13.2 Å². The molecule has 0 aromatic rings. The first-order valence-corrected chi connectivity index (χ1v) is 10.1. The molecule has 0 aliphatic rings. The molecule has 0 N–H and O–H groups in total. The highest BCUT2D eigenvalue weighted by atomic mass is 16.6. The normalized spacial score (nSPS) is 10.6. The van der Waals surface area contributed by atoms with Gasteiger partial charge in [-0.3, -0.25) is 0 Å². The Kier molecular flexibility index (Phi) is 18.4. The van der Waals surface area contributed by atoms with E-state index in [1.54, 1.807) is 0 Å². The first kappa shape index (κ1) is 23.9. The molecule has 0 aliphatic carbocycles. The van der Waals surface area contributed by atoms with E-state index in [9.17, 15) is 9.59 Å². The minimum Gasteiger partial charge on any atom is -0.464 e. The molecule has 0 spiro atoms. The highest BCUT2D eigenvalue weighted by Gasteiger charge is 2.06. The number of esters is 2. The summed E-state index contributed by atoms with van der Waals surface area (Å²) >= 11 is 0. The smallest absolute Gasteiger partial charge is 0.332 e. The first-order valence-electron chi connectivity index (χ1n) is 10.1. The second kappa shape index (κ2) is 19.2. The Morgan fingerprint density at radius 1 is 0.560 bits per heavy atom. The number of hydrogen-bond donors (Lipinski definition) is 0. The highest BCUT2D eigenvalue weighted by molar-refractivity contribution is 5.73. The lowest BCUT2D eigenvalue weighted by molar-refractivity contribution is -0.155. The SMILES string of the molecule is CCCCCCCCCCCCCOC(=O)COCC(=O)OCCC. The molecule has 25 heavy (non-hydrogen) atoms. The van der Waals surface area contributed by atoms with Gasteiger partial charge in [-0.1, -0.05) is 78.1 Å². The van der Waals surface area contributed by atoms with E-state index < -0.39 is 11.9 Å². The van der Waals surface area contributed by atoms with Crippen molar-refractivity contribution in [1.82, 2.24) is 0 Å². The lowest BCUT2D eigenvalue weighted by Gasteiger charge is -2.06. The second-order valence-electron chi connectivity index (χ2n) is 6.47. The van der Waals surface area contributed by atoms with Crippen LogP contribution in [0, 0.1) is 0 Å². The third kappa shape index (κ3) is 19.1. The fourth-order valence-corrected chi connectivity index (χ4v) is 2.47. The summed E-state index contributed by atoms with van der Waals surface area (Å²) in [5.41, 5.74) is 0. The van der Waals surface area contributed by atoms with Crippen LogP contribution in [-0.4, -0.2) is 38.4 Å². The third-order valence-corrected chi connectivity index (χ3v) is 3.92. The van der Waals surface area contributed by atoms with E-state index in [2.05, 4.69) is 6.92 Å². The summed E-state index contributed by atoms with van der Waals surface area (Å²) in [6.45, 7) is 4.58. The monoisotopic (exact) mass is 358 g/mol. The molecule has 0 fully saturated rings. The number of unbranched alkanes of at least 4 members (excludes halogenated alkanes) is 10. The molecular weight excluding hydrogens is 320 g/mol. The van der Waals surface area contributed by atoms with Gasteiger partial charge in [0, 0.05) is 0 Å². The van der Waals surface area contributed by atoms with Gasteiger partial charge in [0.25, 0.3) is 0 Å². The van der Waals surface area contributed by atoms with Crippen LogP contribution in [-0.2, 0) is 23.8 Å². The van der Waals surface area contributed by atoms with Crippen LogP contribution in [0.15, 0.2) is 0 Å². The zero-order valence-electron chi connectivity index (χ0n) is 16.4. The lowest BCUT2D eigenvalue weighted by Crippen LogP contribution is -2.19. The van der Waals surface area contributed by atoms with Gasteiger partial charge in [0.2, 0.25) is 0 Å². The molecule has 0 rings (SSSR count). The van der Waals surface area contributed by atoms with Crippen LogP contribution >= 0.6 is 0 Å². The zero-order chi connectivity index (χ0) is 18.6. The summed E-state index contributed by atoms with van der Waals surface area (Å²) in [6, 6.07) is 0. The molecule has 0 aromatic heterocycles. The lowest BCUT2D eigenvalue weighted by atomic mass is 10.1. The standard InChI is InChI=1S/C20H38O5/c1-3-5-6-7-8-9-10-11-12-13-14-16-25-20(22)18-23-17-19(21)24-15-4-2/h3-18H2,1-2H3. The third-order valence-electron chi connectivity index (χ3n) is 3.92. The van der Waals surface area contributed by atoms with Crippen LogP contribution in [0.3, 0.4) is 0 Å². The number of ether oxygens (including phenoxy) is 3. The minimum absolute atomic E-state index is 0.195. The van der Waals surface area contributed by atoms with Crippen molar-refractivity contribution in [1.29, 1.82) is 0 Å². The predicted octanol–water partition coefficient (Wildman–Crippen LogP) is 4.81. The van der Waals surface area contributed by atoms with E-state index in [4.69, 9.17) is 14.2 Å². The summed E-state index contributed by atoms with van der Waals surface area (Å²) < 4.78 is 14.9. The summed E-state index contributed by atoms with van der Waals surface area (Å²) in [7, 11) is 0. The zero-order valence-corrected chi connectivity index (χ0v) is 16.4. The maximum atomic E-state index is 11.4. The van der Waals surface area contributed by atoms with Crippen LogP contribution in [0.1, 0.15) is 90.9 Å². The maximum absolute atomic E-state index is 11.4. The second-order valence-corrected chi connectivity index (χ2v) is 6.47. The average Bonchev–Trinajstić information content (AvgIpc) is 2.61. The van der Waals surface area contributed by atoms with Gasteiger partial charge in [0.15, 0.2) is 0 Å². The molecular formula is C20H38O5. The highest BCUT2D eigenvalue weighted by Crippen LogP contribution is 2.11. The van der Waals surface area contributed by atoms with Crippen molar-refractivity contribution in [2.24, 2.45) is 0 Å². The van der Waals surface area contributed by atoms with Crippen LogP contribution < -0.4 is 0 Å². The van der Waals surface area contributed by atoms with Crippen LogP contribution in [0.25, 0.3) is 0 Å². The molecule has 5 heteroatoms. The van der Waals surface area contributed by atoms with E-state index >= 15 is 0 Å². The Morgan fingerprint density at radius 3 is 1.48 bits per heavy atom. The molecule has 0 radical (unpaired) electrons. The quantitative estimate of drug-likeness (QED) is 0.260. The number of carbonyl (C=O) groups is 2. The summed E-state index contributed by atoms with van der Waals surface area (Å²) in [4.78, 5) is 22.6. The number of hydrogen-bond acceptors (Lipinski definition) is 5. The molecule has 0 bridgehead atoms. The van der Waals surface area contributed by atoms with Crippen molar-refractivity contribution < 1.29 is 23.8 Å². The van der Waals surface area contributed by atoms with Crippen LogP contribution in [0.2, 0.25) is 0 Å². The molecule has 0 amide bonds. The van der Waals surface area contributed by atoms with Gasteiger partial charge in [0.1, 0.15) is 13.2 Å². The molecule has 0 aromatic carbocycles. The van der Waals surface area contributed by atoms with Crippen molar-refractivity contribution in [3.8, 4) is 0 Å². The first-order chi connectivity index (χ1) is 12.2. The molecule has 5 nitrogen and oxygen atoms in total. The van der Waals surface area contributed by atoms with E-state index in [0.29, 0.717) is 13.2 Å². The molecule has 0 heterocycles. The largest absolute Gasteiger partial charge is 0.464 e. The van der Waals surface area contributed by atoms with Gasteiger partial charge < -0.3 is 14.2 Å².